The molecular weight excluding hydrogens is 442 g/mol. The van der Waals surface area contributed by atoms with Crippen LogP contribution in [0.15, 0.2) is 0 Å². The number of likely N-dealkylation sites (tertiary alicyclic amines) is 1. The Labute approximate surface area is 189 Å². The van der Waals surface area contributed by atoms with Crippen molar-refractivity contribution in [3.63, 3.8) is 0 Å². The Kier molecular flexibility index (Phi) is 10.7. The molecule has 5 amide bonds. The lowest BCUT2D eigenvalue weighted by Gasteiger charge is -2.30. The van der Waals surface area contributed by atoms with E-state index < -0.39 is 72.4 Å². The van der Waals surface area contributed by atoms with Crippen LogP contribution in [0.25, 0.3) is 0 Å². The lowest BCUT2D eigenvalue weighted by molar-refractivity contribution is -0.144. The van der Waals surface area contributed by atoms with Gasteiger partial charge in [0, 0.05) is 19.9 Å². The number of aliphatic hydroxyl groups excluding tert-OH is 2. The summed E-state index contributed by atoms with van der Waals surface area (Å²) in [7, 11) is 0. The van der Waals surface area contributed by atoms with Gasteiger partial charge in [-0.25, -0.2) is 4.79 Å². The van der Waals surface area contributed by atoms with E-state index in [9.17, 15) is 44.1 Å². The van der Waals surface area contributed by atoms with E-state index in [1.165, 1.54) is 13.8 Å². The monoisotopic (exact) mass is 473 g/mol. The molecule has 1 saturated heterocycles. The minimum atomic E-state index is -1.55. The van der Waals surface area contributed by atoms with Gasteiger partial charge in [0.25, 0.3) is 0 Å². The van der Waals surface area contributed by atoms with Crippen LogP contribution in [0, 0.1) is 0 Å². The number of rotatable bonds is 12. The quantitative estimate of drug-likeness (QED) is 0.147. The molecule has 0 radical (unpaired) electrons. The topological polar surface area (TPSA) is 228 Å². The Hall–Kier alpha value is -3.26. The van der Waals surface area contributed by atoms with Gasteiger partial charge in [0.2, 0.25) is 29.5 Å². The molecule has 186 valence electrons. The van der Waals surface area contributed by atoms with Gasteiger partial charge in [-0.1, -0.05) is 0 Å². The zero-order valence-corrected chi connectivity index (χ0v) is 18.4. The van der Waals surface area contributed by atoms with E-state index in [1.807, 2.05) is 0 Å². The molecule has 0 aromatic rings. The molecule has 1 aliphatic rings. The number of aliphatic carboxylic acids is 1. The minimum absolute atomic E-state index is 0.173. The Morgan fingerprint density at radius 3 is 2.21 bits per heavy atom. The molecule has 0 bridgehead atoms. The molecule has 14 heteroatoms. The van der Waals surface area contributed by atoms with Crippen molar-refractivity contribution in [3.05, 3.63) is 0 Å². The number of aliphatic hydroxyl groups is 2. The molecule has 1 aliphatic heterocycles. The Balaban J connectivity index is 2.91. The second-order valence-electron chi connectivity index (χ2n) is 7.76. The third-order valence-electron chi connectivity index (χ3n) is 5.05. The van der Waals surface area contributed by atoms with E-state index in [2.05, 4.69) is 16.0 Å². The highest BCUT2D eigenvalue weighted by Crippen LogP contribution is 2.19. The van der Waals surface area contributed by atoms with Gasteiger partial charge in [0.1, 0.15) is 24.2 Å². The normalized spacial score (nSPS) is 19.0. The number of carboxylic acids is 1. The van der Waals surface area contributed by atoms with E-state index >= 15 is 0 Å². The average Bonchev–Trinajstić information content (AvgIpc) is 3.21. The van der Waals surface area contributed by atoms with Crippen molar-refractivity contribution < 1.29 is 44.1 Å². The van der Waals surface area contributed by atoms with Crippen molar-refractivity contribution in [3.8, 4) is 0 Å². The maximum Gasteiger partial charge on any atom is 0.326 e. The molecule has 14 nitrogen and oxygen atoms in total. The van der Waals surface area contributed by atoms with Crippen LogP contribution in [0.4, 0.5) is 0 Å². The van der Waals surface area contributed by atoms with Crippen molar-refractivity contribution in [2.24, 2.45) is 5.73 Å². The molecule has 0 aliphatic carbocycles. The first-order valence-electron chi connectivity index (χ1n) is 10.4. The van der Waals surface area contributed by atoms with Crippen molar-refractivity contribution in [1.29, 1.82) is 0 Å². The van der Waals surface area contributed by atoms with E-state index in [0.717, 1.165) is 4.90 Å². The first-order valence-corrected chi connectivity index (χ1v) is 10.4. The summed E-state index contributed by atoms with van der Waals surface area (Å²) < 4.78 is 0. The maximum absolute atomic E-state index is 12.8. The molecule has 8 N–H and O–H groups in total. The molecule has 0 saturated carbocycles. The van der Waals surface area contributed by atoms with Gasteiger partial charge in [-0.15, -0.1) is 0 Å². The summed E-state index contributed by atoms with van der Waals surface area (Å²) in [5.74, 6) is -5.19. The fourth-order valence-corrected chi connectivity index (χ4v) is 3.39. The highest BCUT2D eigenvalue weighted by molar-refractivity contribution is 5.95. The third-order valence-corrected chi connectivity index (χ3v) is 5.05. The Bertz CT molecular complexity index is 773. The molecule has 33 heavy (non-hydrogen) atoms. The van der Waals surface area contributed by atoms with Gasteiger partial charge in [-0.2, -0.15) is 0 Å². The highest BCUT2D eigenvalue weighted by atomic mass is 16.4. The van der Waals surface area contributed by atoms with Gasteiger partial charge >= 0.3 is 5.97 Å². The number of nitrogens with one attached hydrogen (secondary N) is 3. The lowest BCUT2D eigenvalue weighted by Crippen LogP contribution is -2.60. The number of carbonyl (C=O) groups is 6. The summed E-state index contributed by atoms with van der Waals surface area (Å²) in [5.41, 5.74) is 5.00. The summed E-state index contributed by atoms with van der Waals surface area (Å²) in [6, 6.07) is -5.29. The van der Waals surface area contributed by atoms with E-state index in [0.29, 0.717) is 6.42 Å². The summed E-state index contributed by atoms with van der Waals surface area (Å²) in [6.07, 6.45) is -1.33. The smallest absolute Gasteiger partial charge is 0.326 e. The maximum atomic E-state index is 12.8. The summed E-state index contributed by atoms with van der Waals surface area (Å²) in [4.78, 5) is 72.7. The molecular formula is C19H31N5O9. The Morgan fingerprint density at radius 1 is 1.09 bits per heavy atom. The van der Waals surface area contributed by atoms with Gasteiger partial charge in [0.05, 0.1) is 12.7 Å². The predicted molar refractivity (Wildman–Crippen MR) is 111 cm³/mol. The average molecular weight is 473 g/mol. The number of hydrogen-bond donors (Lipinski definition) is 7. The van der Waals surface area contributed by atoms with Crippen LogP contribution in [0.3, 0.4) is 0 Å². The Morgan fingerprint density at radius 2 is 1.73 bits per heavy atom. The highest BCUT2D eigenvalue weighted by Gasteiger charge is 2.39. The number of nitrogens with zero attached hydrogens (tertiary/aromatic N) is 1. The van der Waals surface area contributed by atoms with Gasteiger partial charge < -0.3 is 41.9 Å². The van der Waals surface area contributed by atoms with Crippen LogP contribution in [0.1, 0.15) is 39.5 Å². The van der Waals surface area contributed by atoms with Gasteiger partial charge in [-0.05, 0) is 26.2 Å². The van der Waals surface area contributed by atoms with Crippen LogP contribution in [-0.4, -0.2) is 99.1 Å². The zero-order valence-electron chi connectivity index (χ0n) is 18.4. The summed E-state index contributed by atoms with van der Waals surface area (Å²) in [6.45, 7) is 1.88. The standard InChI is InChI=1S/C19H31N5O9/c1-9(26)15(17(30)22-11(19(32)33)5-6-14(20)28)23-16(29)13-4-3-7-24(13)18(31)12(8-25)21-10(2)27/h9,11-13,15,25-26H,3-8H2,1-2H3,(H2,20,28)(H,21,27)(H,22,30)(H,23,29)(H,32,33)/t9-,11+,12+,13+,15+/m1/s1. The van der Waals surface area contributed by atoms with E-state index in [4.69, 9.17) is 5.73 Å². The SMILES string of the molecule is CC(=O)N[C@@H](CO)C(=O)N1CCC[C@H]1C(=O)N[C@H](C(=O)N[C@@H](CCC(N)=O)C(=O)O)[C@@H](C)O. The van der Waals surface area contributed by atoms with Crippen molar-refractivity contribution in [2.45, 2.75) is 69.8 Å². The number of hydrogen-bond acceptors (Lipinski definition) is 8. The number of primary amides is 1. The molecule has 5 atom stereocenters. The first-order chi connectivity index (χ1) is 15.4. The zero-order chi connectivity index (χ0) is 25.3. The van der Waals surface area contributed by atoms with Crippen LogP contribution in [-0.2, 0) is 28.8 Å². The molecule has 0 aromatic carbocycles. The molecule has 0 aromatic heterocycles. The number of carbonyl (C=O) groups excluding carboxylic acids is 5. The van der Waals surface area contributed by atoms with Crippen molar-refractivity contribution >= 4 is 35.5 Å². The van der Waals surface area contributed by atoms with Crippen LogP contribution < -0.4 is 21.7 Å². The molecule has 0 unspecified atom stereocenters. The van der Waals surface area contributed by atoms with Crippen LogP contribution in [0.2, 0.25) is 0 Å². The van der Waals surface area contributed by atoms with Crippen LogP contribution >= 0.6 is 0 Å². The van der Waals surface area contributed by atoms with E-state index in [1.54, 1.807) is 0 Å². The van der Waals surface area contributed by atoms with Crippen molar-refractivity contribution in [1.82, 2.24) is 20.9 Å². The fraction of sp³-hybridized carbons (Fsp3) is 0.684. The number of carboxylic acid groups (broad SMARTS) is 1. The third kappa shape index (κ3) is 8.31. The first kappa shape index (κ1) is 27.8. The number of amides is 5. The van der Waals surface area contributed by atoms with Gasteiger partial charge in [0.15, 0.2) is 0 Å². The second-order valence-corrected chi connectivity index (χ2v) is 7.76. The predicted octanol–water partition coefficient (Wildman–Crippen LogP) is -3.83. The summed E-state index contributed by atoms with van der Waals surface area (Å²) in [5, 5.41) is 35.4. The van der Waals surface area contributed by atoms with Crippen molar-refractivity contribution in [2.75, 3.05) is 13.2 Å². The number of nitrogens with two attached hydrogens (primary N) is 1. The summed E-state index contributed by atoms with van der Waals surface area (Å²) >= 11 is 0. The molecule has 1 rings (SSSR count). The fourth-order valence-electron chi connectivity index (χ4n) is 3.39. The molecule has 1 fully saturated rings. The lowest BCUT2D eigenvalue weighted by atomic mass is 10.1. The van der Waals surface area contributed by atoms with Crippen LogP contribution in [0.5, 0.6) is 0 Å². The minimum Gasteiger partial charge on any atom is -0.480 e. The molecule has 1 heterocycles. The largest absolute Gasteiger partial charge is 0.480 e. The van der Waals surface area contributed by atoms with Gasteiger partial charge in [-0.3, -0.25) is 24.0 Å². The second kappa shape index (κ2) is 12.7. The molecule has 0 spiro atoms. The van der Waals surface area contributed by atoms with E-state index in [-0.39, 0.29) is 25.8 Å².